The molecule has 0 aliphatic carbocycles. The quantitative estimate of drug-likeness (QED) is 0.448. The standard InChI is InChI=1S/C19H20Cl2N4O2/c1-3-6-16(26)27-11-12(2)23-19-17(13-7-4-5-8-14(13)20)18(21)24-15-9-10-22-25(15)19/h4-5,7-10,12,23H,3,6,11H2,1-2H3. The normalized spacial score (nSPS) is 12.1. The van der Waals surface area contributed by atoms with Gasteiger partial charge in [0.05, 0.1) is 17.8 Å². The van der Waals surface area contributed by atoms with Crippen LogP contribution in [-0.4, -0.2) is 33.2 Å². The van der Waals surface area contributed by atoms with Crippen LogP contribution >= 0.6 is 23.2 Å². The Labute approximate surface area is 167 Å². The van der Waals surface area contributed by atoms with Crippen molar-refractivity contribution >= 4 is 40.6 Å². The molecule has 0 spiro atoms. The van der Waals surface area contributed by atoms with E-state index in [9.17, 15) is 4.79 Å². The highest BCUT2D eigenvalue weighted by Crippen LogP contribution is 2.38. The second-order valence-corrected chi connectivity index (χ2v) is 6.95. The van der Waals surface area contributed by atoms with Crippen molar-refractivity contribution in [2.45, 2.75) is 32.7 Å². The average Bonchev–Trinajstić information content (AvgIpc) is 3.09. The zero-order chi connectivity index (χ0) is 19.4. The first-order chi connectivity index (χ1) is 13.0. The lowest BCUT2D eigenvalue weighted by atomic mass is 10.1. The zero-order valence-electron chi connectivity index (χ0n) is 15.1. The number of halogens is 2. The van der Waals surface area contributed by atoms with Crippen LogP contribution in [0.5, 0.6) is 0 Å². The Morgan fingerprint density at radius 3 is 2.81 bits per heavy atom. The zero-order valence-corrected chi connectivity index (χ0v) is 16.6. The number of hydrogen-bond donors (Lipinski definition) is 1. The molecule has 0 aliphatic rings. The maximum absolute atomic E-state index is 11.6. The number of carbonyl (C=O) groups is 1. The van der Waals surface area contributed by atoms with Crippen LogP contribution in [0.2, 0.25) is 10.2 Å². The van der Waals surface area contributed by atoms with E-state index in [1.165, 1.54) is 0 Å². The molecule has 27 heavy (non-hydrogen) atoms. The molecule has 0 amide bonds. The van der Waals surface area contributed by atoms with E-state index in [1.807, 2.05) is 32.0 Å². The van der Waals surface area contributed by atoms with Crippen molar-refractivity contribution in [1.82, 2.24) is 14.6 Å². The summed E-state index contributed by atoms with van der Waals surface area (Å²) >= 11 is 12.9. The number of carbonyl (C=O) groups excluding carboxylic acids is 1. The summed E-state index contributed by atoms with van der Waals surface area (Å²) in [5.74, 6) is 0.427. The molecular formula is C19H20Cl2N4O2. The van der Waals surface area contributed by atoms with Crippen molar-refractivity contribution in [2.24, 2.45) is 0 Å². The van der Waals surface area contributed by atoms with Gasteiger partial charge >= 0.3 is 5.97 Å². The third kappa shape index (κ3) is 4.34. The van der Waals surface area contributed by atoms with Crippen LogP contribution in [0.4, 0.5) is 5.82 Å². The van der Waals surface area contributed by atoms with Crippen LogP contribution in [0.15, 0.2) is 36.5 Å². The van der Waals surface area contributed by atoms with Crippen LogP contribution in [0.1, 0.15) is 26.7 Å². The van der Waals surface area contributed by atoms with E-state index in [-0.39, 0.29) is 18.6 Å². The number of nitrogens with one attached hydrogen (secondary N) is 1. The number of anilines is 1. The molecule has 3 aromatic rings. The Morgan fingerprint density at radius 1 is 1.30 bits per heavy atom. The van der Waals surface area contributed by atoms with Gasteiger partial charge in [0, 0.05) is 23.1 Å². The topological polar surface area (TPSA) is 68.5 Å². The molecule has 1 aromatic carbocycles. The van der Waals surface area contributed by atoms with Gasteiger partial charge < -0.3 is 10.1 Å². The fourth-order valence-corrected chi connectivity index (χ4v) is 3.23. The molecular weight excluding hydrogens is 387 g/mol. The molecule has 0 aliphatic heterocycles. The summed E-state index contributed by atoms with van der Waals surface area (Å²) in [6.07, 6.45) is 2.80. The number of aromatic nitrogens is 3. The molecule has 0 saturated heterocycles. The van der Waals surface area contributed by atoms with Crippen molar-refractivity contribution in [3.63, 3.8) is 0 Å². The van der Waals surface area contributed by atoms with Crippen LogP contribution in [0, 0.1) is 0 Å². The largest absolute Gasteiger partial charge is 0.464 e. The number of hydrogen-bond acceptors (Lipinski definition) is 5. The first-order valence-corrected chi connectivity index (χ1v) is 9.47. The molecule has 0 radical (unpaired) electrons. The summed E-state index contributed by atoms with van der Waals surface area (Å²) < 4.78 is 6.97. The number of fused-ring (bicyclic) bond motifs is 1. The van der Waals surface area contributed by atoms with Crippen molar-refractivity contribution in [3.8, 4) is 11.1 Å². The Bertz CT molecular complexity index is 958. The van der Waals surface area contributed by atoms with Crippen molar-refractivity contribution < 1.29 is 9.53 Å². The highest BCUT2D eigenvalue weighted by molar-refractivity contribution is 6.36. The number of nitrogens with zero attached hydrogens (tertiary/aromatic N) is 3. The monoisotopic (exact) mass is 406 g/mol. The lowest BCUT2D eigenvalue weighted by Gasteiger charge is -2.20. The highest BCUT2D eigenvalue weighted by Gasteiger charge is 2.20. The number of esters is 1. The smallest absolute Gasteiger partial charge is 0.305 e. The molecule has 8 heteroatoms. The Morgan fingerprint density at radius 2 is 2.07 bits per heavy atom. The van der Waals surface area contributed by atoms with Gasteiger partial charge in [-0.15, -0.1) is 0 Å². The van der Waals surface area contributed by atoms with Gasteiger partial charge in [0.15, 0.2) is 5.65 Å². The van der Waals surface area contributed by atoms with Gasteiger partial charge in [-0.2, -0.15) is 9.61 Å². The second kappa shape index (κ2) is 8.59. The van der Waals surface area contributed by atoms with Gasteiger partial charge in [0.1, 0.15) is 17.6 Å². The maximum atomic E-state index is 11.6. The number of benzene rings is 1. The van der Waals surface area contributed by atoms with Crippen LogP contribution < -0.4 is 5.32 Å². The molecule has 3 rings (SSSR count). The summed E-state index contributed by atoms with van der Waals surface area (Å²) in [4.78, 5) is 16.0. The molecule has 0 fully saturated rings. The fraction of sp³-hybridized carbons (Fsp3) is 0.316. The number of ether oxygens (including phenoxy) is 1. The molecule has 6 nitrogen and oxygen atoms in total. The van der Waals surface area contributed by atoms with E-state index in [4.69, 9.17) is 27.9 Å². The lowest BCUT2D eigenvalue weighted by Crippen LogP contribution is -2.25. The van der Waals surface area contributed by atoms with Gasteiger partial charge in [-0.25, -0.2) is 4.98 Å². The molecule has 0 bridgehead atoms. The van der Waals surface area contributed by atoms with Crippen molar-refractivity contribution in [2.75, 3.05) is 11.9 Å². The van der Waals surface area contributed by atoms with Gasteiger partial charge in [0.2, 0.25) is 0 Å². The third-order valence-electron chi connectivity index (χ3n) is 3.97. The number of rotatable bonds is 7. The predicted molar refractivity (Wildman–Crippen MR) is 107 cm³/mol. The summed E-state index contributed by atoms with van der Waals surface area (Å²) in [5.41, 5.74) is 1.99. The van der Waals surface area contributed by atoms with E-state index < -0.39 is 0 Å². The summed E-state index contributed by atoms with van der Waals surface area (Å²) in [5, 5.41) is 8.55. The van der Waals surface area contributed by atoms with Crippen molar-refractivity contribution in [3.05, 3.63) is 46.7 Å². The summed E-state index contributed by atoms with van der Waals surface area (Å²) in [6.45, 7) is 4.08. The molecule has 1 atom stereocenters. The first kappa shape index (κ1) is 19.5. The van der Waals surface area contributed by atoms with E-state index in [0.29, 0.717) is 33.6 Å². The molecule has 2 aromatic heterocycles. The van der Waals surface area contributed by atoms with E-state index >= 15 is 0 Å². The summed E-state index contributed by atoms with van der Waals surface area (Å²) in [6, 6.07) is 8.99. The predicted octanol–water partition coefficient (Wildman–Crippen LogP) is 4.85. The first-order valence-electron chi connectivity index (χ1n) is 8.71. The minimum atomic E-state index is -0.213. The second-order valence-electron chi connectivity index (χ2n) is 6.19. The van der Waals surface area contributed by atoms with Gasteiger partial charge in [-0.1, -0.05) is 48.3 Å². The minimum Gasteiger partial charge on any atom is -0.464 e. The highest BCUT2D eigenvalue weighted by atomic mass is 35.5. The third-order valence-corrected chi connectivity index (χ3v) is 4.57. The summed E-state index contributed by atoms with van der Waals surface area (Å²) in [7, 11) is 0. The maximum Gasteiger partial charge on any atom is 0.305 e. The fourth-order valence-electron chi connectivity index (χ4n) is 2.72. The SMILES string of the molecule is CCCC(=O)OCC(C)Nc1c(-c2ccccc2Cl)c(Cl)nc2ccnn12. The van der Waals surface area contributed by atoms with E-state index in [2.05, 4.69) is 15.4 Å². The molecule has 0 saturated carbocycles. The van der Waals surface area contributed by atoms with Gasteiger partial charge in [0.25, 0.3) is 0 Å². The lowest BCUT2D eigenvalue weighted by molar-refractivity contribution is -0.143. The van der Waals surface area contributed by atoms with Crippen LogP contribution in [0.3, 0.4) is 0 Å². The minimum absolute atomic E-state index is 0.169. The van der Waals surface area contributed by atoms with Crippen LogP contribution in [0.25, 0.3) is 16.8 Å². The van der Waals surface area contributed by atoms with Crippen LogP contribution in [-0.2, 0) is 9.53 Å². The van der Waals surface area contributed by atoms with Gasteiger partial charge in [-0.05, 0) is 19.4 Å². The van der Waals surface area contributed by atoms with Gasteiger partial charge in [-0.3, -0.25) is 4.79 Å². The Kier molecular flexibility index (Phi) is 6.19. The Hall–Kier alpha value is -2.31. The molecule has 1 unspecified atom stereocenters. The van der Waals surface area contributed by atoms with E-state index in [0.717, 1.165) is 12.0 Å². The van der Waals surface area contributed by atoms with E-state index in [1.54, 1.807) is 22.8 Å². The molecule has 1 N–H and O–H groups in total. The average molecular weight is 407 g/mol. The molecule has 2 heterocycles. The molecule has 142 valence electrons. The van der Waals surface area contributed by atoms with Crippen molar-refractivity contribution in [1.29, 1.82) is 0 Å². The Balaban J connectivity index is 1.98.